The Hall–Kier alpha value is -4.22. The maximum Gasteiger partial charge on any atom is 0.258 e. The number of imidazole rings is 1. The van der Waals surface area contributed by atoms with Crippen LogP contribution in [0.5, 0.6) is 0 Å². The second-order valence-corrected chi connectivity index (χ2v) is 9.42. The van der Waals surface area contributed by atoms with Crippen LogP contribution in [0, 0.1) is 5.82 Å². The van der Waals surface area contributed by atoms with Crippen molar-refractivity contribution in [2.75, 3.05) is 18.9 Å². The number of likely N-dealkylation sites (tertiary alicyclic amines) is 1. The highest BCUT2D eigenvalue weighted by Crippen LogP contribution is 2.36. The lowest BCUT2D eigenvalue weighted by Crippen LogP contribution is -2.36. The Morgan fingerprint density at radius 3 is 2.86 bits per heavy atom. The minimum Gasteiger partial charge on any atom is -0.375 e. The first kappa shape index (κ1) is 22.3. The van der Waals surface area contributed by atoms with E-state index in [0.717, 1.165) is 10.6 Å². The second-order valence-electron chi connectivity index (χ2n) is 8.57. The van der Waals surface area contributed by atoms with Crippen LogP contribution >= 0.6 is 11.3 Å². The molecule has 1 aliphatic heterocycles. The van der Waals surface area contributed by atoms with Crippen LogP contribution < -0.4 is 5.32 Å². The molecule has 1 saturated heterocycles. The lowest BCUT2D eigenvalue weighted by molar-refractivity contribution is -0.143. The summed E-state index contributed by atoms with van der Waals surface area (Å²) in [5.74, 6) is 0.173. The zero-order chi connectivity index (χ0) is 24.9. The van der Waals surface area contributed by atoms with Crippen LogP contribution in [0.15, 0.2) is 66.4 Å². The summed E-state index contributed by atoms with van der Waals surface area (Å²) in [6.07, 6.45) is 4.89. The number of nitrogens with zero attached hydrogens (tertiary/aromatic N) is 6. The first-order valence-corrected chi connectivity index (χ1v) is 12.1. The van der Waals surface area contributed by atoms with E-state index in [1.807, 2.05) is 23.6 Å². The molecule has 2 N–H and O–H groups in total. The minimum absolute atomic E-state index is 0.297. The number of rotatable bonds is 5. The molecular weight excluding hydrogens is 481 g/mol. The van der Waals surface area contributed by atoms with Gasteiger partial charge in [-0.05, 0) is 29.8 Å². The van der Waals surface area contributed by atoms with E-state index in [2.05, 4.69) is 20.3 Å². The molecule has 180 valence electrons. The quantitative estimate of drug-likeness (QED) is 0.377. The number of amides is 1. The van der Waals surface area contributed by atoms with Gasteiger partial charge in [0.05, 0.1) is 11.9 Å². The largest absolute Gasteiger partial charge is 0.375 e. The maximum absolute atomic E-state index is 13.7. The van der Waals surface area contributed by atoms with Crippen molar-refractivity contribution in [1.82, 2.24) is 29.2 Å². The monoisotopic (exact) mass is 501 g/mol. The molecular formula is C25H20FN7O2S. The molecule has 0 unspecified atom stereocenters. The van der Waals surface area contributed by atoms with E-state index in [9.17, 15) is 14.3 Å². The first-order chi connectivity index (χ1) is 17.4. The minimum atomic E-state index is -1.52. The summed E-state index contributed by atoms with van der Waals surface area (Å²) >= 11 is 1.44. The van der Waals surface area contributed by atoms with Gasteiger partial charge in [0, 0.05) is 43.4 Å². The summed E-state index contributed by atoms with van der Waals surface area (Å²) in [5, 5.41) is 16.7. The number of thiazole rings is 1. The standard InChI is InChI=1S/C25H20FN7O2S/c1-32-10-8-25(35,23(32)34)16-4-2-3-15(11-16)22-29-19(14-36-22)18-7-9-27-24(30-18)31-21-12-28-20-6-5-17(26)13-33(20)21/h2-7,9,11-14,35H,8,10H2,1H3,(H,27,30,31)/t25-/m1/s1. The number of pyridine rings is 1. The van der Waals surface area contributed by atoms with Gasteiger partial charge in [-0.15, -0.1) is 11.3 Å². The number of halogens is 1. The van der Waals surface area contributed by atoms with Gasteiger partial charge < -0.3 is 15.3 Å². The molecule has 1 fully saturated rings. The van der Waals surface area contributed by atoms with E-state index < -0.39 is 5.60 Å². The predicted octanol–water partition coefficient (Wildman–Crippen LogP) is 3.85. The van der Waals surface area contributed by atoms with Gasteiger partial charge in [-0.1, -0.05) is 18.2 Å². The molecule has 1 amide bonds. The fourth-order valence-corrected chi connectivity index (χ4v) is 5.09. The number of carbonyl (C=O) groups is 1. The number of anilines is 2. The Kier molecular flexibility index (Phi) is 5.23. The molecule has 0 saturated carbocycles. The number of aliphatic hydroxyl groups is 1. The Labute approximate surface area is 208 Å². The molecule has 36 heavy (non-hydrogen) atoms. The summed E-state index contributed by atoms with van der Waals surface area (Å²) in [5.41, 5.74) is 1.71. The molecule has 0 spiro atoms. The third kappa shape index (κ3) is 3.78. The molecule has 5 heterocycles. The predicted molar refractivity (Wildman–Crippen MR) is 133 cm³/mol. The number of hydrogen-bond acceptors (Lipinski definition) is 8. The van der Waals surface area contributed by atoms with Crippen molar-refractivity contribution < 1.29 is 14.3 Å². The molecule has 6 rings (SSSR count). The molecule has 0 radical (unpaired) electrons. The maximum atomic E-state index is 13.7. The molecule has 5 aromatic rings. The zero-order valence-corrected chi connectivity index (χ0v) is 19.9. The lowest BCUT2D eigenvalue weighted by Gasteiger charge is -2.21. The fraction of sp³-hybridized carbons (Fsp3) is 0.160. The first-order valence-electron chi connectivity index (χ1n) is 11.2. The normalized spacial score (nSPS) is 17.8. The van der Waals surface area contributed by atoms with Crippen molar-refractivity contribution in [3.63, 3.8) is 0 Å². The van der Waals surface area contributed by atoms with E-state index in [0.29, 0.717) is 47.3 Å². The van der Waals surface area contributed by atoms with Crippen molar-refractivity contribution in [2.45, 2.75) is 12.0 Å². The van der Waals surface area contributed by atoms with Crippen LogP contribution in [-0.4, -0.2) is 53.8 Å². The SMILES string of the molecule is CN1CC[C@@](O)(c2cccc(-c3nc(-c4ccnc(Nc5cnc6ccc(F)cn56)n4)cs3)c2)C1=O. The van der Waals surface area contributed by atoms with E-state index in [4.69, 9.17) is 4.98 Å². The van der Waals surface area contributed by atoms with Gasteiger partial charge in [-0.3, -0.25) is 9.20 Å². The number of aromatic nitrogens is 5. The van der Waals surface area contributed by atoms with Crippen molar-refractivity contribution in [2.24, 2.45) is 0 Å². The highest BCUT2D eigenvalue weighted by molar-refractivity contribution is 7.13. The van der Waals surface area contributed by atoms with Gasteiger partial charge in [-0.2, -0.15) is 0 Å². The van der Waals surface area contributed by atoms with Gasteiger partial charge in [0.25, 0.3) is 5.91 Å². The highest BCUT2D eigenvalue weighted by Gasteiger charge is 2.45. The van der Waals surface area contributed by atoms with Crippen molar-refractivity contribution in [1.29, 1.82) is 0 Å². The van der Waals surface area contributed by atoms with Crippen molar-refractivity contribution in [3.8, 4) is 22.0 Å². The summed E-state index contributed by atoms with van der Waals surface area (Å²) < 4.78 is 15.3. The van der Waals surface area contributed by atoms with E-state index in [1.165, 1.54) is 28.5 Å². The Morgan fingerprint density at radius 1 is 1.14 bits per heavy atom. The molecule has 4 aromatic heterocycles. The lowest BCUT2D eigenvalue weighted by atomic mass is 9.91. The smallest absolute Gasteiger partial charge is 0.258 e. The Balaban J connectivity index is 1.27. The van der Waals surface area contributed by atoms with E-state index in [1.54, 1.807) is 42.0 Å². The topological polar surface area (TPSA) is 109 Å². The Bertz CT molecular complexity index is 1620. The third-order valence-electron chi connectivity index (χ3n) is 6.23. The van der Waals surface area contributed by atoms with E-state index >= 15 is 0 Å². The van der Waals surface area contributed by atoms with Gasteiger partial charge in [0.2, 0.25) is 5.95 Å². The number of hydrogen-bond donors (Lipinski definition) is 2. The highest BCUT2D eigenvalue weighted by atomic mass is 32.1. The average Bonchev–Trinajstić information content (AvgIpc) is 3.60. The molecule has 1 aliphatic rings. The Morgan fingerprint density at radius 2 is 2.03 bits per heavy atom. The molecule has 11 heteroatoms. The second kappa shape index (κ2) is 8.47. The van der Waals surface area contributed by atoms with Crippen LogP contribution in [-0.2, 0) is 10.4 Å². The molecule has 0 bridgehead atoms. The van der Waals surface area contributed by atoms with E-state index in [-0.39, 0.29) is 11.7 Å². The summed E-state index contributed by atoms with van der Waals surface area (Å²) in [6, 6.07) is 12.0. The molecule has 1 atom stereocenters. The molecule has 0 aliphatic carbocycles. The van der Waals surface area contributed by atoms with Crippen LogP contribution in [0.4, 0.5) is 16.2 Å². The molecule has 1 aromatic carbocycles. The summed E-state index contributed by atoms with van der Waals surface area (Å²) in [7, 11) is 1.69. The van der Waals surface area contributed by atoms with Gasteiger partial charge >= 0.3 is 0 Å². The number of carbonyl (C=O) groups excluding carboxylic acids is 1. The molecule has 9 nitrogen and oxygen atoms in total. The number of fused-ring (bicyclic) bond motifs is 1. The van der Waals surface area contributed by atoms with Crippen LogP contribution in [0.1, 0.15) is 12.0 Å². The summed E-state index contributed by atoms with van der Waals surface area (Å²) in [4.78, 5) is 31.9. The zero-order valence-electron chi connectivity index (χ0n) is 19.1. The van der Waals surface area contributed by atoms with Crippen LogP contribution in [0.2, 0.25) is 0 Å². The number of benzene rings is 1. The van der Waals surface area contributed by atoms with Crippen molar-refractivity contribution in [3.05, 3.63) is 77.8 Å². The van der Waals surface area contributed by atoms with Gasteiger partial charge in [-0.25, -0.2) is 24.3 Å². The van der Waals surface area contributed by atoms with Crippen molar-refractivity contribution >= 4 is 34.7 Å². The third-order valence-corrected chi connectivity index (χ3v) is 7.12. The van der Waals surface area contributed by atoms with Gasteiger partial charge in [0.1, 0.15) is 28.0 Å². The number of nitrogens with one attached hydrogen (secondary N) is 1. The fourth-order valence-electron chi connectivity index (χ4n) is 4.28. The summed E-state index contributed by atoms with van der Waals surface area (Å²) in [6.45, 7) is 0.509. The van der Waals surface area contributed by atoms with Crippen LogP contribution in [0.3, 0.4) is 0 Å². The van der Waals surface area contributed by atoms with Gasteiger partial charge in [0.15, 0.2) is 5.60 Å². The number of likely N-dealkylation sites (N-methyl/N-ethyl adjacent to an activating group) is 1. The van der Waals surface area contributed by atoms with Crippen LogP contribution in [0.25, 0.3) is 27.6 Å². The average molecular weight is 502 g/mol.